The minimum absolute atomic E-state index is 0.387. The van der Waals surface area contributed by atoms with Gasteiger partial charge in [-0.1, -0.05) is 30.3 Å². The van der Waals surface area contributed by atoms with E-state index in [4.69, 9.17) is 9.84 Å². The average molecular weight is 288 g/mol. The fourth-order valence-electron chi connectivity index (χ4n) is 2.31. The van der Waals surface area contributed by atoms with E-state index in [1.165, 1.54) is 0 Å². The van der Waals surface area contributed by atoms with Gasteiger partial charge in [0, 0.05) is 4.90 Å². The Hall–Kier alpha value is -2.14. The van der Waals surface area contributed by atoms with Gasteiger partial charge >= 0.3 is 5.97 Å². The minimum Gasteiger partial charge on any atom is -0.481 e. The molecular formula is C15H12O4S. The van der Waals surface area contributed by atoms with E-state index in [1.807, 2.05) is 30.3 Å². The van der Waals surface area contributed by atoms with Crippen molar-refractivity contribution in [2.45, 2.75) is 16.2 Å². The van der Waals surface area contributed by atoms with Crippen LogP contribution < -0.4 is 4.74 Å². The molecule has 0 radical (unpaired) electrons. The molecule has 3 rings (SSSR count). The summed E-state index contributed by atoms with van der Waals surface area (Å²) in [6, 6.07) is 12.9. The second-order valence-corrected chi connectivity index (χ2v) is 5.87. The van der Waals surface area contributed by atoms with Crippen LogP contribution in [0.4, 0.5) is 0 Å². The second kappa shape index (κ2) is 5.09. The first-order chi connectivity index (χ1) is 9.66. The Morgan fingerprint density at radius 2 is 1.90 bits per heavy atom. The Kier molecular flexibility index (Phi) is 3.28. The van der Waals surface area contributed by atoms with Crippen molar-refractivity contribution in [1.82, 2.24) is 0 Å². The number of fused-ring (bicyclic) bond motifs is 2. The lowest BCUT2D eigenvalue weighted by atomic mass is 10.0. The maximum atomic E-state index is 12.7. The fraction of sp³-hybridized carbons (Fsp3) is 0.133. The van der Waals surface area contributed by atoms with Gasteiger partial charge in [0.1, 0.15) is 5.75 Å². The summed E-state index contributed by atoms with van der Waals surface area (Å²) in [4.78, 5) is 12.0. The number of rotatable bonds is 3. The van der Waals surface area contributed by atoms with E-state index in [-0.39, 0.29) is 0 Å². The van der Waals surface area contributed by atoms with Gasteiger partial charge in [-0.2, -0.15) is 0 Å². The molecule has 5 heteroatoms. The van der Waals surface area contributed by atoms with Gasteiger partial charge in [-0.05, 0) is 29.7 Å². The van der Waals surface area contributed by atoms with Crippen molar-refractivity contribution in [3.05, 3.63) is 53.6 Å². The van der Waals surface area contributed by atoms with Crippen LogP contribution >= 0.6 is 0 Å². The van der Waals surface area contributed by atoms with Crippen LogP contribution in [-0.4, -0.2) is 21.9 Å². The Labute approximate surface area is 118 Å². The van der Waals surface area contributed by atoms with E-state index in [0.717, 1.165) is 16.0 Å². The average Bonchev–Trinajstić information content (AvgIpc) is 2.45. The summed E-state index contributed by atoms with van der Waals surface area (Å²) in [5.74, 6) is -0.665. The third kappa shape index (κ3) is 2.20. The first-order valence-electron chi connectivity index (χ1n) is 6.13. The fourth-order valence-corrected chi connectivity index (χ4v) is 3.80. The van der Waals surface area contributed by atoms with Crippen LogP contribution in [-0.2, 0) is 22.0 Å². The molecule has 1 atom stereocenters. The highest BCUT2D eigenvalue weighted by molar-refractivity contribution is 7.85. The van der Waals surface area contributed by atoms with E-state index in [1.54, 1.807) is 12.1 Å². The van der Waals surface area contributed by atoms with Crippen LogP contribution in [0.25, 0.3) is 0 Å². The van der Waals surface area contributed by atoms with Crippen molar-refractivity contribution < 1.29 is 18.8 Å². The highest BCUT2D eigenvalue weighted by Gasteiger charge is 2.25. The van der Waals surface area contributed by atoms with Crippen molar-refractivity contribution in [1.29, 1.82) is 0 Å². The molecule has 1 heterocycles. The number of carboxylic acid groups (broad SMARTS) is 1. The van der Waals surface area contributed by atoms with Crippen LogP contribution in [0.2, 0.25) is 0 Å². The first-order valence-corrected chi connectivity index (χ1v) is 7.28. The Balaban J connectivity index is 2.05. The maximum absolute atomic E-state index is 12.7. The van der Waals surface area contributed by atoms with Gasteiger partial charge in [-0.3, -0.25) is 0 Å². The number of carbonyl (C=O) groups is 1. The normalized spacial score (nSPS) is 16.1. The monoisotopic (exact) mass is 288 g/mol. The topological polar surface area (TPSA) is 63.6 Å². The molecule has 2 aromatic rings. The second-order valence-electron chi connectivity index (χ2n) is 4.48. The lowest BCUT2D eigenvalue weighted by molar-refractivity contribution is -0.139. The Morgan fingerprint density at radius 1 is 1.15 bits per heavy atom. The van der Waals surface area contributed by atoms with Crippen molar-refractivity contribution in [2.75, 3.05) is 6.61 Å². The molecule has 0 aromatic heterocycles. The smallest absolute Gasteiger partial charge is 0.341 e. The van der Waals surface area contributed by atoms with Gasteiger partial charge in [0.2, 0.25) is 0 Å². The van der Waals surface area contributed by atoms with E-state index >= 15 is 0 Å². The largest absolute Gasteiger partial charge is 0.481 e. The molecule has 1 N–H and O–H groups in total. The van der Waals surface area contributed by atoms with Gasteiger partial charge in [0.05, 0.1) is 15.7 Å². The van der Waals surface area contributed by atoms with Gasteiger partial charge in [0.15, 0.2) is 6.61 Å². The SMILES string of the molecule is O=C(O)COc1cccc2c1S(=O)c1ccccc1C2. The number of aliphatic carboxylic acids is 1. The highest BCUT2D eigenvalue weighted by Crippen LogP contribution is 2.36. The van der Waals surface area contributed by atoms with Crippen LogP contribution in [0, 0.1) is 0 Å². The summed E-state index contributed by atoms with van der Waals surface area (Å²) in [6.07, 6.45) is 0.682. The van der Waals surface area contributed by atoms with E-state index in [2.05, 4.69) is 0 Å². The highest BCUT2D eigenvalue weighted by atomic mass is 32.2. The molecule has 0 saturated heterocycles. The number of benzene rings is 2. The third-order valence-corrected chi connectivity index (χ3v) is 4.78. The van der Waals surface area contributed by atoms with Gasteiger partial charge in [-0.15, -0.1) is 0 Å². The molecule has 1 unspecified atom stereocenters. The molecule has 1 aliphatic heterocycles. The molecule has 20 heavy (non-hydrogen) atoms. The quantitative estimate of drug-likeness (QED) is 0.802. The molecule has 0 spiro atoms. The predicted octanol–water partition coefficient (Wildman–Crippen LogP) is 2.22. The zero-order chi connectivity index (χ0) is 14.1. The van der Waals surface area contributed by atoms with Crippen LogP contribution in [0.5, 0.6) is 5.75 Å². The summed E-state index contributed by atoms with van der Waals surface area (Å²) >= 11 is 0. The molecule has 0 bridgehead atoms. The van der Waals surface area contributed by atoms with E-state index in [0.29, 0.717) is 17.1 Å². The summed E-state index contributed by atoms with van der Waals surface area (Å²) in [7, 11) is -1.33. The van der Waals surface area contributed by atoms with E-state index < -0.39 is 23.4 Å². The first kappa shape index (κ1) is 12.9. The predicted molar refractivity (Wildman–Crippen MR) is 73.5 cm³/mol. The van der Waals surface area contributed by atoms with Crippen molar-refractivity contribution in [3.8, 4) is 5.75 Å². The van der Waals surface area contributed by atoms with Crippen LogP contribution in [0.1, 0.15) is 11.1 Å². The number of hydrogen-bond donors (Lipinski definition) is 1. The number of ether oxygens (including phenoxy) is 1. The number of carboxylic acids is 1. The lowest BCUT2D eigenvalue weighted by Gasteiger charge is -2.21. The molecule has 0 fully saturated rings. The molecular weight excluding hydrogens is 276 g/mol. The number of hydrogen-bond acceptors (Lipinski definition) is 3. The zero-order valence-corrected chi connectivity index (χ0v) is 11.4. The Bertz CT molecular complexity index is 709. The summed E-state index contributed by atoms with van der Waals surface area (Å²) in [5, 5.41) is 8.70. The van der Waals surface area contributed by atoms with Gasteiger partial charge in [-0.25, -0.2) is 9.00 Å². The molecule has 0 saturated carbocycles. The molecule has 0 amide bonds. The van der Waals surface area contributed by atoms with Crippen molar-refractivity contribution in [2.24, 2.45) is 0 Å². The van der Waals surface area contributed by atoms with Crippen molar-refractivity contribution in [3.63, 3.8) is 0 Å². The molecule has 1 aliphatic rings. The maximum Gasteiger partial charge on any atom is 0.341 e. The van der Waals surface area contributed by atoms with Crippen LogP contribution in [0.3, 0.4) is 0 Å². The Morgan fingerprint density at radius 3 is 2.70 bits per heavy atom. The standard InChI is InChI=1S/C15H12O4S/c16-14(17)9-19-12-6-3-5-11-8-10-4-1-2-7-13(10)20(18)15(11)12/h1-7H,8-9H2,(H,16,17). The summed E-state index contributed by atoms with van der Waals surface area (Å²) in [5.41, 5.74) is 1.96. The van der Waals surface area contributed by atoms with Crippen molar-refractivity contribution >= 4 is 16.8 Å². The summed E-state index contributed by atoms with van der Waals surface area (Å²) < 4.78 is 17.9. The lowest BCUT2D eigenvalue weighted by Crippen LogP contribution is -2.14. The van der Waals surface area contributed by atoms with E-state index in [9.17, 15) is 9.00 Å². The molecule has 4 nitrogen and oxygen atoms in total. The molecule has 0 aliphatic carbocycles. The minimum atomic E-state index is -1.33. The van der Waals surface area contributed by atoms with Crippen LogP contribution in [0.15, 0.2) is 52.3 Å². The summed E-state index contributed by atoms with van der Waals surface area (Å²) in [6.45, 7) is -0.435. The van der Waals surface area contributed by atoms with Gasteiger partial charge in [0.25, 0.3) is 0 Å². The molecule has 102 valence electrons. The van der Waals surface area contributed by atoms with Gasteiger partial charge < -0.3 is 9.84 Å². The zero-order valence-electron chi connectivity index (χ0n) is 10.5. The third-order valence-electron chi connectivity index (χ3n) is 3.15. The molecule has 2 aromatic carbocycles.